The molecule has 2 N–H and O–H groups in total. The molecule has 0 aliphatic heterocycles. The molecule has 2 atom stereocenters. The van der Waals surface area contributed by atoms with Gasteiger partial charge in [0.2, 0.25) is 0 Å². The Balaban J connectivity index is 1.82. The van der Waals surface area contributed by atoms with Crippen LogP contribution in [-0.4, -0.2) is 27.8 Å². The lowest BCUT2D eigenvalue weighted by atomic mass is 9.84. The van der Waals surface area contributed by atoms with Gasteiger partial charge in [-0.1, -0.05) is 85.0 Å². The maximum Gasteiger partial charge on any atom is 0.407 e. The van der Waals surface area contributed by atoms with Crippen molar-refractivity contribution in [3.05, 3.63) is 35.9 Å². The topological polar surface area (TPSA) is 58.6 Å². The standard InChI is InChI=1S/C18H26INO3/c19-12-17(21)16(11-14-7-3-1-4-8-14)20-18(22)23-13-15-9-5-2-6-10-15/h2,5-6,9-10,14,16-17,21H,1,3-4,7-8,11-13H2,(H,20,22)/t16-,17?/m0/s1. The number of alkyl carbamates (subject to hydrolysis) is 1. The highest BCUT2D eigenvalue weighted by atomic mass is 127. The van der Waals surface area contributed by atoms with E-state index in [0.717, 1.165) is 12.0 Å². The summed E-state index contributed by atoms with van der Waals surface area (Å²) in [5, 5.41) is 13.1. The van der Waals surface area contributed by atoms with Crippen LogP contribution in [0.3, 0.4) is 0 Å². The summed E-state index contributed by atoms with van der Waals surface area (Å²) in [5.74, 6) is 0.598. The molecule has 4 nitrogen and oxygen atoms in total. The molecule has 1 aliphatic carbocycles. The summed E-state index contributed by atoms with van der Waals surface area (Å²) in [6, 6.07) is 9.39. The Morgan fingerprint density at radius 1 is 1.26 bits per heavy atom. The summed E-state index contributed by atoms with van der Waals surface area (Å²) in [5.41, 5.74) is 0.959. The Kier molecular flexibility index (Phi) is 8.16. The van der Waals surface area contributed by atoms with Crippen LogP contribution in [0.15, 0.2) is 30.3 Å². The Bertz CT molecular complexity index is 463. The van der Waals surface area contributed by atoms with Gasteiger partial charge in [-0.2, -0.15) is 0 Å². The van der Waals surface area contributed by atoms with E-state index in [1.54, 1.807) is 0 Å². The van der Waals surface area contributed by atoms with E-state index in [4.69, 9.17) is 4.74 Å². The SMILES string of the molecule is O=C(N[C@@H](CC1CCCCC1)C(O)CI)OCc1ccccc1. The summed E-state index contributed by atoms with van der Waals surface area (Å²) in [6.07, 6.45) is 6.09. The zero-order valence-electron chi connectivity index (χ0n) is 13.4. The molecule has 0 aromatic heterocycles. The van der Waals surface area contributed by atoms with E-state index in [-0.39, 0.29) is 12.6 Å². The Morgan fingerprint density at radius 3 is 2.61 bits per heavy atom. The summed E-state index contributed by atoms with van der Waals surface area (Å²) in [4.78, 5) is 12.0. The zero-order chi connectivity index (χ0) is 16.5. The Labute approximate surface area is 152 Å². The van der Waals surface area contributed by atoms with E-state index >= 15 is 0 Å². The van der Waals surface area contributed by atoms with Gasteiger partial charge in [0.05, 0.1) is 12.1 Å². The van der Waals surface area contributed by atoms with E-state index in [2.05, 4.69) is 27.9 Å². The highest BCUT2D eigenvalue weighted by Gasteiger charge is 2.25. The van der Waals surface area contributed by atoms with Crippen LogP contribution in [0.4, 0.5) is 4.79 Å². The minimum Gasteiger partial charge on any atom is -0.445 e. The second-order valence-electron chi connectivity index (χ2n) is 6.27. The number of hydrogen-bond donors (Lipinski definition) is 2. The smallest absolute Gasteiger partial charge is 0.407 e. The Morgan fingerprint density at radius 2 is 1.96 bits per heavy atom. The number of carbonyl (C=O) groups is 1. The fourth-order valence-electron chi connectivity index (χ4n) is 3.12. The number of halogens is 1. The van der Waals surface area contributed by atoms with Gasteiger partial charge in [-0.15, -0.1) is 0 Å². The molecule has 1 saturated carbocycles. The lowest BCUT2D eigenvalue weighted by Gasteiger charge is -2.29. The van der Waals surface area contributed by atoms with Crippen molar-refractivity contribution >= 4 is 28.7 Å². The molecule has 23 heavy (non-hydrogen) atoms. The molecule has 0 heterocycles. The number of ether oxygens (including phenoxy) is 1. The molecule has 0 saturated heterocycles. The number of aliphatic hydroxyl groups is 1. The zero-order valence-corrected chi connectivity index (χ0v) is 15.6. The average Bonchev–Trinajstić information content (AvgIpc) is 2.60. The number of rotatable bonds is 7. The van der Waals surface area contributed by atoms with Gasteiger partial charge in [0.1, 0.15) is 6.61 Å². The van der Waals surface area contributed by atoms with E-state index in [1.165, 1.54) is 32.1 Å². The third-order valence-electron chi connectivity index (χ3n) is 4.45. The van der Waals surface area contributed by atoms with Crippen LogP contribution in [0, 0.1) is 5.92 Å². The predicted octanol–water partition coefficient (Wildman–Crippen LogP) is 4.05. The average molecular weight is 431 g/mol. The van der Waals surface area contributed by atoms with Crippen molar-refractivity contribution in [1.82, 2.24) is 5.32 Å². The normalized spacial score (nSPS) is 18.2. The quantitative estimate of drug-likeness (QED) is 0.506. The van der Waals surface area contributed by atoms with Crippen LogP contribution in [0.5, 0.6) is 0 Å². The monoisotopic (exact) mass is 431 g/mol. The first-order chi connectivity index (χ1) is 11.2. The Hall–Kier alpha value is -0.820. The number of hydrogen-bond acceptors (Lipinski definition) is 3. The summed E-state index contributed by atoms with van der Waals surface area (Å²) < 4.78 is 5.88. The third kappa shape index (κ3) is 6.67. The van der Waals surface area contributed by atoms with Gasteiger partial charge in [0, 0.05) is 4.43 Å². The number of benzene rings is 1. The second-order valence-corrected chi connectivity index (χ2v) is 7.15. The molecule has 0 bridgehead atoms. The van der Waals surface area contributed by atoms with Crippen LogP contribution in [0.1, 0.15) is 44.1 Å². The molecule has 1 unspecified atom stereocenters. The molecule has 1 aliphatic rings. The first-order valence-corrected chi connectivity index (χ1v) is 9.93. The summed E-state index contributed by atoms with van der Waals surface area (Å²) >= 11 is 2.16. The minimum atomic E-state index is -0.526. The van der Waals surface area contributed by atoms with Gasteiger partial charge in [0.15, 0.2) is 0 Å². The molecule has 1 fully saturated rings. The van der Waals surface area contributed by atoms with Crippen molar-refractivity contribution in [2.45, 2.75) is 57.3 Å². The molecule has 5 heteroatoms. The fourth-order valence-corrected chi connectivity index (χ4v) is 3.73. The number of aliphatic hydroxyl groups excluding tert-OH is 1. The number of carbonyl (C=O) groups excluding carboxylic acids is 1. The van der Waals surface area contributed by atoms with E-state index < -0.39 is 12.2 Å². The van der Waals surface area contributed by atoms with Crippen LogP contribution in [-0.2, 0) is 11.3 Å². The minimum absolute atomic E-state index is 0.224. The summed E-state index contributed by atoms with van der Waals surface area (Å²) in [7, 11) is 0. The molecule has 128 valence electrons. The van der Waals surface area contributed by atoms with Gasteiger partial charge in [0.25, 0.3) is 0 Å². The molecular formula is C18H26INO3. The van der Waals surface area contributed by atoms with Gasteiger partial charge in [-0.25, -0.2) is 4.79 Å². The van der Waals surface area contributed by atoms with Crippen LogP contribution in [0.25, 0.3) is 0 Å². The van der Waals surface area contributed by atoms with Crippen molar-refractivity contribution in [2.75, 3.05) is 4.43 Å². The van der Waals surface area contributed by atoms with Crippen molar-refractivity contribution < 1.29 is 14.6 Å². The molecule has 0 radical (unpaired) electrons. The highest BCUT2D eigenvalue weighted by molar-refractivity contribution is 14.1. The van der Waals surface area contributed by atoms with Crippen LogP contribution >= 0.6 is 22.6 Å². The molecule has 2 rings (SSSR count). The van der Waals surface area contributed by atoms with Crippen LogP contribution in [0.2, 0.25) is 0 Å². The number of alkyl halides is 1. The van der Waals surface area contributed by atoms with Gasteiger partial charge in [-0.3, -0.25) is 0 Å². The lowest BCUT2D eigenvalue weighted by molar-refractivity contribution is 0.102. The molecule has 1 aromatic carbocycles. The predicted molar refractivity (Wildman–Crippen MR) is 99.6 cm³/mol. The summed E-state index contributed by atoms with van der Waals surface area (Å²) in [6.45, 7) is 0.253. The first kappa shape index (κ1) is 18.5. The second kappa shape index (κ2) is 10.1. The van der Waals surface area contributed by atoms with E-state index in [0.29, 0.717) is 10.3 Å². The van der Waals surface area contributed by atoms with Crippen molar-refractivity contribution in [2.24, 2.45) is 5.92 Å². The van der Waals surface area contributed by atoms with Gasteiger partial charge in [-0.05, 0) is 17.9 Å². The maximum atomic E-state index is 12.0. The first-order valence-electron chi connectivity index (χ1n) is 8.40. The van der Waals surface area contributed by atoms with Crippen molar-refractivity contribution in [3.8, 4) is 0 Å². The van der Waals surface area contributed by atoms with Gasteiger partial charge >= 0.3 is 6.09 Å². The largest absolute Gasteiger partial charge is 0.445 e. The van der Waals surface area contributed by atoms with Crippen molar-refractivity contribution in [3.63, 3.8) is 0 Å². The highest BCUT2D eigenvalue weighted by Crippen LogP contribution is 2.28. The lowest BCUT2D eigenvalue weighted by Crippen LogP contribution is -2.45. The molecule has 1 aromatic rings. The van der Waals surface area contributed by atoms with Crippen molar-refractivity contribution in [1.29, 1.82) is 0 Å². The van der Waals surface area contributed by atoms with Gasteiger partial charge < -0.3 is 15.2 Å². The number of amides is 1. The molecule has 0 spiro atoms. The maximum absolute atomic E-state index is 12.0. The third-order valence-corrected chi connectivity index (χ3v) is 5.35. The van der Waals surface area contributed by atoms with Crippen LogP contribution < -0.4 is 5.32 Å². The molecular weight excluding hydrogens is 405 g/mol. The molecule has 1 amide bonds. The van der Waals surface area contributed by atoms with E-state index in [9.17, 15) is 9.90 Å². The van der Waals surface area contributed by atoms with E-state index in [1.807, 2.05) is 30.3 Å². The number of nitrogens with one attached hydrogen (secondary N) is 1. The fraction of sp³-hybridized carbons (Fsp3) is 0.611.